The summed E-state index contributed by atoms with van der Waals surface area (Å²) in [6, 6.07) is 19.2. The topological polar surface area (TPSA) is 68.0 Å². The highest BCUT2D eigenvalue weighted by Crippen LogP contribution is 2.24. The summed E-state index contributed by atoms with van der Waals surface area (Å²) >= 11 is 0. The number of rotatable bonds is 4. The number of aromatic nitrogens is 1. The molecule has 0 fully saturated rings. The molecule has 0 bridgehead atoms. The summed E-state index contributed by atoms with van der Waals surface area (Å²) in [4.78, 5) is 15.9. The van der Waals surface area contributed by atoms with Gasteiger partial charge in [-0.3, -0.25) is 9.78 Å². The van der Waals surface area contributed by atoms with E-state index in [-0.39, 0.29) is 0 Å². The molecule has 0 unspecified atom stereocenters. The number of carbonyl (C=O) groups excluding carboxylic acids is 1. The first-order valence-corrected chi connectivity index (χ1v) is 7.32. The fraction of sp³-hybridized carbons (Fsp3) is 0.0526. The average molecular weight is 303 g/mol. The van der Waals surface area contributed by atoms with Gasteiger partial charge in [-0.25, -0.2) is 0 Å². The number of nitrogens with zero attached hydrogens (tertiary/aromatic N) is 1. The molecule has 0 radical (unpaired) electrons. The molecule has 3 aromatic rings. The van der Waals surface area contributed by atoms with Crippen molar-refractivity contribution in [2.75, 3.05) is 5.32 Å². The number of para-hydroxylation sites is 1. The molecule has 2 aromatic carbocycles. The minimum absolute atomic E-state index is 0.457. The van der Waals surface area contributed by atoms with Crippen molar-refractivity contribution in [3.63, 3.8) is 0 Å². The Morgan fingerprint density at radius 1 is 1.04 bits per heavy atom. The van der Waals surface area contributed by atoms with Crippen molar-refractivity contribution in [2.24, 2.45) is 5.73 Å². The lowest BCUT2D eigenvalue weighted by atomic mass is 10.1. The normalized spacial score (nSPS) is 10.3. The van der Waals surface area contributed by atoms with E-state index in [4.69, 9.17) is 5.73 Å². The second-order valence-electron chi connectivity index (χ2n) is 5.33. The van der Waals surface area contributed by atoms with Gasteiger partial charge < -0.3 is 11.1 Å². The predicted molar refractivity (Wildman–Crippen MR) is 92.7 cm³/mol. The first-order valence-electron chi connectivity index (χ1n) is 7.32. The first-order chi connectivity index (χ1) is 11.1. The zero-order valence-electron chi connectivity index (χ0n) is 12.8. The van der Waals surface area contributed by atoms with Crippen LogP contribution in [0.2, 0.25) is 0 Å². The van der Waals surface area contributed by atoms with E-state index in [1.54, 1.807) is 18.3 Å². The van der Waals surface area contributed by atoms with Gasteiger partial charge in [0.15, 0.2) is 0 Å². The van der Waals surface area contributed by atoms with E-state index >= 15 is 0 Å². The van der Waals surface area contributed by atoms with Crippen molar-refractivity contribution < 1.29 is 4.79 Å². The highest BCUT2D eigenvalue weighted by Gasteiger charge is 2.08. The van der Waals surface area contributed by atoms with Crippen LogP contribution in [0.4, 0.5) is 11.4 Å². The van der Waals surface area contributed by atoms with Crippen molar-refractivity contribution in [3.05, 3.63) is 78.0 Å². The molecular weight excluding hydrogens is 286 g/mol. The van der Waals surface area contributed by atoms with Gasteiger partial charge in [-0.1, -0.05) is 42.0 Å². The van der Waals surface area contributed by atoms with Crippen LogP contribution in [-0.4, -0.2) is 10.9 Å². The number of hydrogen-bond acceptors (Lipinski definition) is 3. The average Bonchev–Trinajstić information content (AvgIpc) is 2.56. The summed E-state index contributed by atoms with van der Waals surface area (Å²) in [5.74, 6) is -0.457. The molecule has 0 spiro atoms. The molecule has 0 saturated heterocycles. The minimum Gasteiger partial charge on any atom is -0.366 e. The van der Waals surface area contributed by atoms with E-state index < -0.39 is 5.91 Å². The monoisotopic (exact) mass is 303 g/mol. The zero-order chi connectivity index (χ0) is 16.2. The van der Waals surface area contributed by atoms with Gasteiger partial charge in [0.1, 0.15) is 0 Å². The Balaban J connectivity index is 1.92. The maximum Gasteiger partial charge on any atom is 0.250 e. The summed E-state index contributed by atoms with van der Waals surface area (Å²) in [5.41, 5.74) is 10.5. The number of amides is 1. The van der Waals surface area contributed by atoms with Gasteiger partial charge in [0.2, 0.25) is 0 Å². The van der Waals surface area contributed by atoms with Crippen LogP contribution in [0.5, 0.6) is 0 Å². The van der Waals surface area contributed by atoms with Crippen LogP contribution in [-0.2, 0) is 0 Å². The number of anilines is 2. The summed E-state index contributed by atoms with van der Waals surface area (Å²) < 4.78 is 0. The van der Waals surface area contributed by atoms with Crippen molar-refractivity contribution >= 4 is 17.3 Å². The van der Waals surface area contributed by atoms with E-state index in [1.807, 2.05) is 36.4 Å². The molecular formula is C19H17N3O. The Morgan fingerprint density at radius 3 is 2.52 bits per heavy atom. The third-order valence-electron chi connectivity index (χ3n) is 3.58. The smallest absolute Gasteiger partial charge is 0.250 e. The molecule has 3 N–H and O–H groups in total. The van der Waals surface area contributed by atoms with Gasteiger partial charge in [-0.15, -0.1) is 0 Å². The highest BCUT2D eigenvalue weighted by atomic mass is 16.1. The van der Waals surface area contributed by atoms with Gasteiger partial charge >= 0.3 is 0 Å². The molecule has 0 aliphatic heterocycles. The van der Waals surface area contributed by atoms with Crippen LogP contribution in [0.3, 0.4) is 0 Å². The SMILES string of the molecule is Cc1ccc(-c2cc(Nc3ccccc3C(N)=O)ccn2)cc1. The molecule has 1 heterocycles. The molecule has 4 nitrogen and oxygen atoms in total. The highest BCUT2D eigenvalue weighted by molar-refractivity contribution is 5.99. The third kappa shape index (κ3) is 3.37. The Morgan fingerprint density at radius 2 is 1.78 bits per heavy atom. The molecule has 114 valence electrons. The third-order valence-corrected chi connectivity index (χ3v) is 3.58. The number of carbonyl (C=O) groups is 1. The fourth-order valence-corrected chi connectivity index (χ4v) is 2.35. The molecule has 0 saturated carbocycles. The van der Waals surface area contributed by atoms with Crippen LogP contribution in [0, 0.1) is 6.92 Å². The van der Waals surface area contributed by atoms with Crippen molar-refractivity contribution in [3.8, 4) is 11.3 Å². The van der Waals surface area contributed by atoms with Crippen molar-refractivity contribution in [2.45, 2.75) is 6.92 Å². The van der Waals surface area contributed by atoms with E-state index in [9.17, 15) is 4.79 Å². The second kappa shape index (κ2) is 6.32. The molecule has 0 aliphatic carbocycles. The number of nitrogens with two attached hydrogens (primary N) is 1. The fourth-order valence-electron chi connectivity index (χ4n) is 2.35. The Kier molecular flexibility index (Phi) is 4.06. The van der Waals surface area contributed by atoms with Crippen LogP contribution >= 0.6 is 0 Å². The Labute approximate surface area is 135 Å². The molecule has 1 amide bonds. The Bertz CT molecular complexity index is 841. The molecule has 3 rings (SSSR count). The molecule has 1 aromatic heterocycles. The lowest BCUT2D eigenvalue weighted by Crippen LogP contribution is -2.13. The van der Waals surface area contributed by atoms with Gasteiger partial charge in [-0.05, 0) is 31.2 Å². The van der Waals surface area contributed by atoms with Crippen LogP contribution in [0.1, 0.15) is 15.9 Å². The maximum absolute atomic E-state index is 11.5. The number of pyridine rings is 1. The quantitative estimate of drug-likeness (QED) is 0.768. The number of nitrogens with one attached hydrogen (secondary N) is 1. The van der Waals surface area contributed by atoms with Gasteiger partial charge in [0.25, 0.3) is 5.91 Å². The number of hydrogen-bond donors (Lipinski definition) is 2. The van der Waals surface area contributed by atoms with Crippen LogP contribution < -0.4 is 11.1 Å². The molecule has 4 heteroatoms. The summed E-state index contributed by atoms with van der Waals surface area (Å²) in [5, 5.41) is 3.23. The number of benzene rings is 2. The molecule has 23 heavy (non-hydrogen) atoms. The first kappa shape index (κ1) is 14.8. The Hall–Kier alpha value is -3.14. The van der Waals surface area contributed by atoms with E-state index in [0.29, 0.717) is 11.3 Å². The zero-order valence-corrected chi connectivity index (χ0v) is 12.8. The number of aryl methyl sites for hydroxylation is 1. The standard InChI is InChI=1S/C19H17N3O/c1-13-6-8-14(9-7-13)18-12-15(10-11-21-18)22-17-5-3-2-4-16(17)19(20)23/h2-12H,1H3,(H2,20,23)(H,21,22). The lowest BCUT2D eigenvalue weighted by molar-refractivity contribution is 0.100. The van der Waals surface area contributed by atoms with Crippen molar-refractivity contribution in [1.29, 1.82) is 0 Å². The number of primary amides is 1. The van der Waals surface area contributed by atoms with E-state index in [0.717, 1.165) is 16.9 Å². The van der Waals surface area contributed by atoms with Crippen LogP contribution in [0.25, 0.3) is 11.3 Å². The van der Waals surface area contributed by atoms with Gasteiger partial charge in [0.05, 0.1) is 16.9 Å². The predicted octanol–water partition coefficient (Wildman–Crippen LogP) is 3.90. The lowest BCUT2D eigenvalue weighted by Gasteiger charge is -2.11. The summed E-state index contributed by atoms with van der Waals surface area (Å²) in [6.07, 6.45) is 1.74. The van der Waals surface area contributed by atoms with Crippen LogP contribution in [0.15, 0.2) is 66.9 Å². The van der Waals surface area contributed by atoms with E-state index in [1.165, 1.54) is 5.56 Å². The maximum atomic E-state index is 11.5. The van der Waals surface area contributed by atoms with E-state index in [2.05, 4.69) is 29.4 Å². The molecule has 0 aliphatic rings. The second-order valence-corrected chi connectivity index (χ2v) is 5.33. The molecule has 0 atom stereocenters. The van der Waals surface area contributed by atoms with Crippen molar-refractivity contribution in [1.82, 2.24) is 4.98 Å². The largest absolute Gasteiger partial charge is 0.366 e. The minimum atomic E-state index is -0.457. The summed E-state index contributed by atoms with van der Waals surface area (Å²) in [6.45, 7) is 2.05. The van der Waals surface area contributed by atoms with Gasteiger partial charge in [0, 0.05) is 17.4 Å². The van der Waals surface area contributed by atoms with Gasteiger partial charge in [-0.2, -0.15) is 0 Å². The summed E-state index contributed by atoms with van der Waals surface area (Å²) in [7, 11) is 0.